The number of imidazole rings is 1. The van der Waals surface area contributed by atoms with Crippen molar-refractivity contribution in [1.29, 1.82) is 0 Å². The highest BCUT2D eigenvalue weighted by molar-refractivity contribution is 5.80. The number of nitrogens with one attached hydrogen (secondary N) is 1. The van der Waals surface area contributed by atoms with Gasteiger partial charge in [-0.2, -0.15) is 13.2 Å². The second-order valence-corrected chi connectivity index (χ2v) is 7.15. The van der Waals surface area contributed by atoms with E-state index in [1.807, 2.05) is 19.4 Å². The Kier molecular flexibility index (Phi) is 6.26. The summed E-state index contributed by atoms with van der Waals surface area (Å²) >= 11 is 0. The molecule has 1 aromatic carbocycles. The predicted molar refractivity (Wildman–Crippen MR) is 103 cm³/mol. The molecule has 0 aliphatic carbocycles. The highest BCUT2D eigenvalue weighted by Gasteiger charge is 2.30. The molecular formula is C20H26F3N5. The highest BCUT2D eigenvalue weighted by atomic mass is 19.4. The molecule has 1 N–H and O–H groups in total. The molecule has 2 heterocycles. The average Bonchev–Trinajstić information content (AvgIpc) is 3.20. The fraction of sp³-hybridized carbons (Fsp3) is 0.500. The summed E-state index contributed by atoms with van der Waals surface area (Å²) < 4.78 is 40.3. The molecule has 8 heteroatoms. The first-order valence-corrected chi connectivity index (χ1v) is 9.55. The molecule has 3 rings (SSSR count). The number of piperidine rings is 1. The molecular weight excluding hydrogens is 367 g/mol. The van der Waals surface area contributed by atoms with E-state index in [1.54, 1.807) is 6.20 Å². The summed E-state index contributed by atoms with van der Waals surface area (Å²) in [5.41, 5.74) is 0.111. The van der Waals surface area contributed by atoms with Gasteiger partial charge >= 0.3 is 6.18 Å². The van der Waals surface area contributed by atoms with Gasteiger partial charge in [0.15, 0.2) is 5.96 Å². The third-order valence-electron chi connectivity index (χ3n) is 5.15. The zero-order valence-electron chi connectivity index (χ0n) is 16.2. The molecule has 1 fully saturated rings. The van der Waals surface area contributed by atoms with Crippen molar-refractivity contribution in [3.05, 3.63) is 54.1 Å². The van der Waals surface area contributed by atoms with Crippen molar-refractivity contribution < 1.29 is 13.2 Å². The molecule has 2 aromatic rings. The number of benzene rings is 1. The fourth-order valence-electron chi connectivity index (χ4n) is 3.49. The Morgan fingerprint density at radius 3 is 2.64 bits per heavy atom. The van der Waals surface area contributed by atoms with Crippen molar-refractivity contribution in [2.24, 2.45) is 10.9 Å². The number of hydrogen-bond acceptors (Lipinski definition) is 2. The van der Waals surface area contributed by atoms with Crippen molar-refractivity contribution in [1.82, 2.24) is 19.8 Å². The van der Waals surface area contributed by atoms with Crippen LogP contribution in [-0.2, 0) is 12.7 Å². The van der Waals surface area contributed by atoms with Crippen LogP contribution in [0.2, 0.25) is 0 Å². The molecule has 28 heavy (non-hydrogen) atoms. The Morgan fingerprint density at radius 1 is 1.29 bits per heavy atom. The molecule has 1 aromatic heterocycles. The molecule has 0 spiro atoms. The van der Waals surface area contributed by atoms with E-state index in [0.717, 1.165) is 49.7 Å². The van der Waals surface area contributed by atoms with E-state index < -0.39 is 11.7 Å². The molecule has 2 unspecified atom stereocenters. The zero-order chi connectivity index (χ0) is 20.1. The first kappa shape index (κ1) is 20.2. The topological polar surface area (TPSA) is 45.5 Å². The van der Waals surface area contributed by atoms with Gasteiger partial charge in [-0.25, -0.2) is 9.98 Å². The zero-order valence-corrected chi connectivity index (χ0v) is 16.2. The highest BCUT2D eigenvalue weighted by Crippen LogP contribution is 2.29. The Hall–Kier alpha value is -2.51. The van der Waals surface area contributed by atoms with Crippen LogP contribution in [-0.4, -0.2) is 40.0 Å². The third kappa shape index (κ3) is 4.85. The number of halogens is 3. The lowest BCUT2D eigenvalue weighted by Crippen LogP contribution is -2.49. The maximum Gasteiger partial charge on any atom is 0.416 e. The molecule has 0 bridgehead atoms. The largest absolute Gasteiger partial charge is 0.416 e. The summed E-state index contributed by atoms with van der Waals surface area (Å²) in [6.07, 6.45) is 2.33. The summed E-state index contributed by atoms with van der Waals surface area (Å²) in [6, 6.07) is 5.50. The standard InChI is InChI=1S/C20H26F3N5/c1-3-25-19(26-12-16-4-6-17(7-5-16)20(21,22)23)27-10-8-15(2)18(13-27)28-11-9-24-14-28/h4-7,9,11,14-15,18H,3,8,10,12-13H2,1-2H3,(H,25,26). The van der Waals surface area contributed by atoms with Crippen LogP contribution in [0.4, 0.5) is 13.2 Å². The van der Waals surface area contributed by atoms with Gasteiger partial charge in [-0.15, -0.1) is 0 Å². The van der Waals surface area contributed by atoms with E-state index in [2.05, 4.69) is 31.7 Å². The van der Waals surface area contributed by atoms with Crippen molar-refractivity contribution in [3.8, 4) is 0 Å². The van der Waals surface area contributed by atoms with Gasteiger partial charge in [-0.3, -0.25) is 0 Å². The second kappa shape index (κ2) is 8.67. The Balaban J connectivity index is 1.71. The average molecular weight is 393 g/mol. The van der Waals surface area contributed by atoms with E-state index in [-0.39, 0.29) is 0 Å². The molecule has 1 aliphatic rings. The lowest BCUT2D eigenvalue weighted by molar-refractivity contribution is -0.137. The van der Waals surface area contributed by atoms with Crippen LogP contribution >= 0.6 is 0 Å². The summed E-state index contributed by atoms with van der Waals surface area (Å²) in [7, 11) is 0. The first-order chi connectivity index (χ1) is 13.4. The van der Waals surface area contributed by atoms with E-state index in [9.17, 15) is 13.2 Å². The second-order valence-electron chi connectivity index (χ2n) is 7.15. The quantitative estimate of drug-likeness (QED) is 0.632. The summed E-state index contributed by atoms with van der Waals surface area (Å²) in [4.78, 5) is 11.0. The number of rotatable bonds is 4. The number of aromatic nitrogens is 2. The van der Waals surface area contributed by atoms with E-state index in [0.29, 0.717) is 18.5 Å². The van der Waals surface area contributed by atoms with Gasteiger partial charge in [0.05, 0.1) is 24.5 Å². The van der Waals surface area contributed by atoms with E-state index >= 15 is 0 Å². The van der Waals surface area contributed by atoms with Crippen LogP contribution in [0.5, 0.6) is 0 Å². The number of hydrogen-bond donors (Lipinski definition) is 1. The molecule has 0 saturated carbocycles. The minimum Gasteiger partial charge on any atom is -0.357 e. The minimum atomic E-state index is -4.32. The number of alkyl halides is 3. The van der Waals surface area contributed by atoms with Gasteiger partial charge in [0.1, 0.15) is 0 Å². The summed E-state index contributed by atoms with van der Waals surface area (Å²) in [6.45, 7) is 7.03. The molecule has 0 amide bonds. The van der Waals surface area contributed by atoms with Crippen LogP contribution in [0, 0.1) is 5.92 Å². The van der Waals surface area contributed by atoms with Crippen molar-refractivity contribution in [2.75, 3.05) is 19.6 Å². The predicted octanol–water partition coefficient (Wildman–Crippen LogP) is 3.95. The smallest absolute Gasteiger partial charge is 0.357 e. The Bertz CT molecular complexity index is 768. The normalized spacial score (nSPS) is 21.0. The number of guanidine groups is 1. The molecule has 5 nitrogen and oxygen atoms in total. The Labute approximate surface area is 163 Å². The van der Waals surface area contributed by atoms with Crippen LogP contribution in [0.15, 0.2) is 48.0 Å². The molecule has 1 saturated heterocycles. The lowest BCUT2D eigenvalue weighted by Gasteiger charge is -2.39. The lowest BCUT2D eigenvalue weighted by atomic mass is 9.93. The minimum absolute atomic E-state index is 0.311. The van der Waals surface area contributed by atoms with Crippen molar-refractivity contribution in [2.45, 2.75) is 39.0 Å². The van der Waals surface area contributed by atoms with E-state index in [4.69, 9.17) is 0 Å². The van der Waals surface area contributed by atoms with Crippen LogP contribution < -0.4 is 5.32 Å². The molecule has 152 valence electrons. The van der Waals surface area contributed by atoms with Crippen LogP contribution in [0.1, 0.15) is 37.4 Å². The maximum absolute atomic E-state index is 12.7. The monoisotopic (exact) mass is 393 g/mol. The van der Waals surface area contributed by atoms with Gasteiger partial charge < -0.3 is 14.8 Å². The van der Waals surface area contributed by atoms with Crippen LogP contribution in [0.3, 0.4) is 0 Å². The van der Waals surface area contributed by atoms with Gasteiger partial charge in [-0.05, 0) is 37.0 Å². The first-order valence-electron chi connectivity index (χ1n) is 9.55. The van der Waals surface area contributed by atoms with Crippen molar-refractivity contribution >= 4 is 5.96 Å². The summed E-state index contributed by atoms with van der Waals surface area (Å²) in [5.74, 6) is 1.32. The van der Waals surface area contributed by atoms with Gasteiger partial charge in [-0.1, -0.05) is 19.1 Å². The molecule has 2 atom stereocenters. The van der Waals surface area contributed by atoms with Gasteiger partial charge in [0.25, 0.3) is 0 Å². The van der Waals surface area contributed by atoms with Crippen LogP contribution in [0.25, 0.3) is 0 Å². The number of likely N-dealkylation sites (tertiary alicyclic amines) is 1. The fourth-order valence-corrected chi connectivity index (χ4v) is 3.49. The van der Waals surface area contributed by atoms with Gasteiger partial charge in [0.2, 0.25) is 0 Å². The number of aliphatic imine (C=N–C) groups is 1. The molecule has 1 aliphatic heterocycles. The van der Waals surface area contributed by atoms with E-state index in [1.165, 1.54) is 12.1 Å². The third-order valence-corrected chi connectivity index (χ3v) is 5.15. The summed E-state index contributed by atoms with van der Waals surface area (Å²) in [5, 5.41) is 3.31. The maximum atomic E-state index is 12.7. The SMILES string of the molecule is CCNC(=NCc1ccc(C(F)(F)F)cc1)N1CCC(C)C(n2ccnc2)C1. The Morgan fingerprint density at radius 2 is 2.04 bits per heavy atom. The van der Waals surface area contributed by atoms with Gasteiger partial charge in [0, 0.05) is 32.0 Å². The number of nitrogens with zero attached hydrogens (tertiary/aromatic N) is 4. The van der Waals surface area contributed by atoms with Crippen molar-refractivity contribution in [3.63, 3.8) is 0 Å². The molecule has 0 radical (unpaired) electrons.